The lowest BCUT2D eigenvalue weighted by atomic mass is 10.1. The lowest BCUT2D eigenvalue weighted by Gasteiger charge is -2.17. The zero-order valence-electron chi connectivity index (χ0n) is 16.4. The van der Waals surface area contributed by atoms with Crippen molar-refractivity contribution in [1.82, 2.24) is 10.6 Å². The first-order valence-electron chi connectivity index (χ1n) is 9.50. The van der Waals surface area contributed by atoms with E-state index in [4.69, 9.17) is 15.2 Å². The van der Waals surface area contributed by atoms with Gasteiger partial charge in [-0.15, -0.1) is 0 Å². The highest BCUT2D eigenvalue weighted by Gasteiger charge is 2.18. The van der Waals surface area contributed by atoms with Crippen molar-refractivity contribution in [2.45, 2.75) is 52.3 Å². The number of hydrogen-bond donors (Lipinski definition) is 3. The van der Waals surface area contributed by atoms with Crippen molar-refractivity contribution in [3.63, 3.8) is 0 Å². The number of benzene rings is 1. The maximum absolute atomic E-state index is 12.0. The molecule has 2 amide bonds. The standard InChI is InChI=1S/C20H31N3O4/c1-13(2)19(21)20(25)23-11-18(24)22-10-15-7-6-14(3)9-17(15)27-12-16-5-4-8-26-16/h6-7,9,13,16,19H,4-5,8,10-12,21H2,1-3H3,(H,22,24)(H,23,25)/t16?,19-/m0/s1. The summed E-state index contributed by atoms with van der Waals surface area (Å²) in [4.78, 5) is 23.8. The summed E-state index contributed by atoms with van der Waals surface area (Å²) in [6.07, 6.45) is 2.21. The number of nitrogens with two attached hydrogens (primary N) is 1. The van der Waals surface area contributed by atoms with E-state index in [1.165, 1.54) is 0 Å². The average Bonchev–Trinajstić information content (AvgIpc) is 3.16. The van der Waals surface area contributed by atoms with Gasteiger partial charge in [-0.2, -0.15) is 0 Å². The molecule has 150 valence electrons. The molecule has 7 heteroatoms. The van der Waals surface area contributed by atoms with Crippen molar-refractivity contribution in [2.75, 3.05) is 19.8 Å². The smallest absolute Gasteiger partial charge is 0.239 e. The predicted molar refractivity (Wildman–Crippen MR) is 103 cm³/mol. The first-order chi connectivity index (χ1) is 12.9. The molecule has 1 saturated heterocycles. The van der Waals surface area contributed by atoms with E-state index in [2.05, 4.69) is 10.6 Å². The third kappa shape index (κ3) is 6.84. The average molecular weight is 377 g/mol. The van der Waals surface area contributed by atoms with Gasteiger partial charge in [-0.25, -0.2) is 0 Å². The molecule has 27 heavy (non-hydrogen) atoms. The molecule has 0 spiro atoms. The van der Waals surface area contributed by atoms with Crippen LogP contribution in [-0.2, 0) is 20.9 Å². The van der Waals surface area contributed by atoms with Gasteiger partial charge in [-0.3, -0.25) is 9.59 Å². The van der Waals surface area contributed by atoms with Gasteiger partial charge in [0.15, 0.2) is 0 Å². The first-order valence-corrected chi connectivity index (χ1v) is 9.50. The molecule has 2 rings (SSSR count). The van der Waals surface area contributed by atoms with Crippen LogP contribution in [0.25, 0.3) is 0 Å². The molecule has 1 fully saturated rings. The second-order valence-corrected chi connectivity index (χ2v) is 7.32. The molecule has 7 nitrogen and oxygen atoms in total. The maximum atomic E-state index is 12.0. The topological polar surface area (TPSA) is 103 Å². The van der Waals surface area contributed by atoms with Crippen LogP contribution in [-0.4, -0.2) is 43.7 Å². The van der Waals surface area contributed by atoms with Gasteiger partial charge in [0.1, 0.15) is 12.4 Å². The molecule has 0 aliphatic carbocycles. The summed E-state index contributed by atoms with van der Waals surface area (Å²) in [6.45, 7) is 7.24. The van der Waals surface area contributed by atoms with Gasteiger partial charge in [0.05, 0.1) is 18.7 Å². The van der Waals surface area contributed by atoms with Crippen LogP contribution < -0.4 is 21.1 Å². The van der Waals surface area contributed by atoms with E-state index >= 15 is 0 Å². The number of nitrogens with one attached hydrogen (secondary N) is 2. The lowest BCUT2D eigenvalue weighted by Crippen LogP contribution is -2.47. The molecule has 1 aliphatic rings. The number of rotatable bonds is 9. The normalized spacial score (nSPS) is 17.6. The van der Waals surface area contributed by atoms with E-state index in [1.807, 2.05) is 39.0 Å². The van der Waals surface area contributed by atoms with Crippen molar-refractivity contribution >= 4 is 11.8 Å². The highest BCUT2D eigenvalue weighted by Crippen LogP contribution is 2.22. The fraction of sp³-hybridized carbons (Fsp3) is 0.600. The van der Waals surface area contributed by atoms with Crippen LogP contribution in [0.15, 0.2) is 18.2 Å². The van der Waals surface area contributed by atoms with Crippen LogP contribution >= 0.6 is 0 Å². The van der Waals surface area contributed by atoms with Gasteiger partial charge < -0.3 is 25.8 Å². The summed E-state index contributed by atoms with van der Waals surface area (Å²) in [5.74, 6) is 0.168. The number of aryl methyl sites for hydroxylation is 1. The first kappa shape index (κ1) is 21.2. The Balaban J connectivity index is 1.83. The molecule has 1 aromatic carbocycles. The Bertz CT molecular complexity index is 642. The SMILES string of the molecule is Cc1ccc(CNC(=O)CNC(=O)[C@@H](N)C(C)C)c(OCC2CCCO2)c1. The highest BCUT2D eigenvalue weighted by atomic mass is 16.5. The minimum atomic E-state index is -0.618. The van der Waals surface area contributed by atoms with Crippen LogP contribution in [0.2, 0.25) is 0 Å². The molecular weight excluding hydrogens is 346 g/mol. The van der Waals surface area contributed by atoms with Crippen molar-refractivity contribution < 1.29 is 19.1 Å². The zero-order chi connectivity index (χ0) is 19.8. The van der Waals surface area contributed by atoms with E-state index in [-0.39, 0.29) is 30.4 Å². The molecule has 2 atom stereocenters. The molecule has 0 saturated carbocycles. The van der Waals surface area contributed by atoms with Crippen LogP contribution in [0.3, 0.4) is 0 Å². The largest absolute Gasteiger partial charge is 0.491 e. The van der Waals surface area contributed by atoms with E-state index < -0.39 is 6.04 Å². The second-order valence-electron chi connectivity index (χ2n) is 7.32. The Hall–Kier alpha value is -2.12. The second kappa shape index (κ2) is 10.3. The maximum Gasteiger partial charge on any atom is 0.239 e. The third-order valence-electron chi connectivity index (χ3n) is 4.59. The minimum Gasteiger partial charge on any atom is -0.491 e. The molecule has 1 aromatic rings. The molecule has 1 unspecified atom stereocenters. The Kier molecular flexibility index (Phi) is 8.06. The van der Waals surface area contributed by atoms with Crippen LogP contribution in [0.1, 0.15) is 37.8 Å². The van der Waals surface area contributed by atoms with Gasteiger partial charge in [0, 0.05) is 18.7 Å². The fourth-order valence-corrected chi connectivity index (χ4v) is 2.74. The summed E-state index contributed by atoms with van der Waals surface area (Å²) in [5, 5.41) is 5.37. The van der Waals surface area contributed by atoms with Gasteiger partial charge in [-0.05, 0) is 37.3 Å². The summed E-state index contributed by atoms with van der Waals surface area (Å²) in [5.41, 5.74) is 7.73. The van der Waals surface area contributed by atoms with Crippen molar-refractivity contribution in [3.05, 3.63) is 29.3 Å². The summed E-state index contributed by atoms with van der Waals surface area (Å²) < 4.78 is 11.5. The number of carbonyl (C=O) groups is 2. The van der Waals surface area contributed by atoms with Crippen LogP contribution in [0.5, 0.6) is 5.75 Å². The third-order valence-corrected chi connectivity index (χ3v) is 4.59. The Morgan fingerprint density at radius 2 is 2.11 bits per heavy atom. The van der Waals surface area contributed by atoms with Crippen molar-refractivity contribution in [1.29, 1.82) is 0 Å². The highest BCUT2D eigenvalue weighted by molar-refractivity contribution is 5.87. The Morgan fingerprint density at radius 1 is 1.33 bits per heavy atom. The van der Waals surface area contributed by atoms with Crippen LogP contribution in [0, 0.1) is 12.8 Å². The van der Waals surface area contributed by atoms with E-state index in [9.17, 15) is 9.59 Å². The molecule has 1 aliphatic heterocycles. The molecule has 4 N–H and O–H groups in total. The molecule has 1 heterocycles. The van der Waals surface area contributed by atoms with E-state index in [1.54, 1.807) is 0 Å². The van der Waals surface area contributed by atoms with Gasteiger partial charge in [-0.1, -0.05) is 26.0 Å². The van der Waals surface area contributed by atoms with Crippen molar-refractivity contribution in [3.8, 4) is 5.75 Å². The summed E-state index contributed by atoms with van der Waals surface area (Å²) in [6, 6.07) is 5.25. The molecular formula is C20H31N3O4. The Labute approximate surface area is 161 Å². The number of ether oxygens (including phenoxy) is 2. The molecule has 0 aromatic heterocycles. The quantitative estimate of drug-likeness (QED) is 0.601. The number of carbonyl (C=O) groups excluding carboxylic acids is 2. The fourth-order valence-electron chi connectivity index (χ4n) is 2.74. The van der Waals surface area contributed by atoms with Crippen LogP contribution in [0.4, 0.5) is 0 Å². The lowest BCUT2D eigenvalue weighted by molar-refractivity contribution is -0.127. The Morgan fingerprint density at radius 3 is 2.78 bits per heavy atom. The summed E-state index contributed by atoms with van der Waals surface area (Å²) >= 11 is 0. The number of amides is 2. The van der Waals surface area contributed by atoms with Gasteiger partial charge in [0.25, 0.3) is 0 Å². The number of hydrogen-bond acceptors (Lipinski definition) is 5. The minimum absolute atomic E-state index is 0.0178. The van der Waals surface area contributed by atoms with E-state index in [0.29, 0.717) is 13.2 Å². The van der Waals surface area contributed by atoms with E-state index in [0.717, 1.165) is 36.3 Å². The van der Waals surface area contributed by atoms with Gasteiger partial charge in [0.2, 0.25) is 11.8 Å². The van der Waals surface area contributed by atoms with Gasteiger partial charge >= 0.3 is 0 Å². The van der Waals surface area contributed by atoms with Crippen molar-refractivity contribution in [2.24, 2.45) is 11.7 Å². The monoisotopic (exact) mass is 377 g/mol. The summed E-state index contributed by atoms with van der Waals surface area (Å²) in [7, 11) is 0. The molecule has 0 bridgehead atoms. The zero-order valence-corrected chi connectivity index (χ0v) is 16.4. The predicted octanol–water partition coefficient (Wildman–Crippen LogP) is 1.27. The molecule has 0 radical (unpaired) electrons.